The van der Waals surface area contributed by atoms with Gasteiger partial charge in [-0.2, -0.15) is 0 Å². The van der Waals surface area contributed by atoms with E-state index in [1.807, 2.05) is 13.8 Å². The molecule has 1 amide bonds. The Bertz CT molecular complexity index is 229. The third-order valence-electron chi connectivity index (χ3n) is 2.14. The number of hydrogen-bond donors (Lipinski definition) is 2. The summed E-state index contributed by atoms with van der Waals surface area (Å²) in [6.45, 7) is 5.27. The van der Waals surface area contributed by atoms with Crippen LogP contribution >= 0.6 is 0 Å². The van der Waals surface area contributed by atoms with Gasteiger partial charge in [-0.05, 0) is 12.3 Å². The molecule has 0 aliphatic heterocycles. The molecule has 0 spiro atoms. The molecule has 0 bridgehead atoms. The van der Waals surface area contributed by atoms with Gasteiger partial charge in [-0.3, -0.25) is 14.8 Å². The molecule has 1 atom stereocenters. The van der Waals surface area contributed by atoms with E-state index in [0.717, 1.165) is 0 Å². The van der Waals surface area contributed by atoms with Crippen molar-refractivity contribution in [2.24, 2.45) is 11.7 Å². The van der Waals surface area contributed by atoms with Gasteiger partial charge in [-0.15, -0.1) is 0 Å². The van der Waals surface area contributed by atoms with E-state index in [0.29, 0.717) is 17.9 Å². The largest absolute Gasteiger partial charge is 0.322 e. The average Bonchev–Trinajstić information content (AvgIpc) is 2.22. The molecular formula is C10H20N2O3. The second kappa shape index (κ2) is 6.53. The zero-order valence-electron chi connectivity index (χ0n) is 9.56. The summed E-state index contributed by atoms with van der Waals surface area (Å²) in [6.07, 6.45) is 0.751. The first kappa shape index (κ1) is 14.1. The van der Waals surface area contributed by atoms with Gasteiger partial charge in [0.25, 0.3) is 5.91 Å². The van der Waals surface area contributed by atoms with Crippen LogP contribution in [0.4, 0.5) is 0 Å². The summed E-state index contributed by atoms with van der Waals surface area (Å²) in [4.78, 5) is 22.7. The molecule has 88 valence electrons. The Morgan fingerprint density at radius 2 is 1.93 bits per heavy atom. The van der Waals surface area contributed by atoms with Gasteiger partial charge >= 0.3 is 0 Å². The predicted octanol–water partition coefficient (Wildman–Crippen LogP) is 0.557. The lowest BCUT2D eigenvalue weighted by Gasteiger charge is -2.25. The second-order valence-corrected chi connectivity index (χ2v) is 3.91. The number of ketones is 1. The number of nitrogens with two attached hydrogens (primary N) is 1. The number of hydroxylamine groups is 2. The van der Waals surface area contributed by atoms with Gasteiger partial charge < -0.3 is 5.73 Å². The minimum absolute atomic E-state index is 0.145. The standard InChI is InChI=1S/C10H20N2O3/c1-4-9(13)8(5-7(2)3)12(15)10(14)6-11/h7-8,15H,4-6,11H2,1-3H3. The Kier molecular flexibility index (Phi) is 6.12. The highest BCUT2D eigenvalue weighted by Crippen LogP contribution is 2.12. The number of Topliss-reactive ketones (excluding diaryl/α,β-unsaturated/α-hetero) is 1. The van der Waals surface area contributed by atoms with Crippen LogP contribution < -0.4 is 5.73 Å². The van der Waals surface area contributed by atoms with Crippen molar-refractivity contribution in [2.75, 3.05) is 6.54 Å². The van der Waals surface area contributed by atoms with Crippen LogP contribution in [0, 0.1) is 5.92 Å². The highest BCUT2D eigenvalue weighted by atomic mass is 16.5. The van der Waals surface area contributed by atoms with E-state index in [1.165, 1.54) is 0 Å². The maximum atomic E-state index is 11.5. The maximum Gasteiger partial charge on any atom is 0.260 e. The van der Waals surface area contributed by atoms with Crippen molar-refractivity contribution in [2.45, 2.75) is 39.7 Å². The van der Waals surface area contributed by atoms with E-state index in [9.17, 15) is 14.8 Å². The van der Waals surface area contributed by atoms with Crippen LogP contribution in [0.1, 0.15) is 33.6 Å². The van der Waals surface area contributed by atoms with Crippen molar-refractivity contribution >= 4 is 11.7 Å². The second-order valence-electron chi connectivity index (χ2n) is 3.91. The van der Waals surface area contributed by atoms with E-state index < -0.39 is 11.9 Å². The molecule has 0 saturated carbocycles. The average molecular weight is 216 g/mol. The first-order valence-electron chi connectivity index (χ1n) is 5.17. The van der Waals surface area contributed by atoms with Crippen molar-refractivity contribution < 1.29 is 14.8 Å². The lowest BCUT2D eigenvalue weighted by atomic mass is 9.98. The molecular weight excluding hydrogens is 196 g/mol. The molecule has 0 fully saturated rings. The number of carbonyl (C=O) groups is 2. The predicted molar refractivity (Wildman–Crippen MR) is 56.2 cm³/mol. The van der Waals surface area contributed by atoms with Gasteiger partial charge in [-0.25, -0.2) is 5.06 Å². The lowest BCUT2D eigenvalue weighted by Crippen LogP contribution is -2.45. The molecule has 0 aliphatic carbocycles. The molecule has 0 rings (SSSR count). The Labute approximate surface area is 90.2 Å². The van der Waals surface area contributed by atoms with Crippen LogP contribution in [-0.2, 0) is 9.59 Å². The number of rotatable bonds is 6. The first-order valence-corrected chi connectivity index (χ1v) is 5.17. The minimum Gasteiger partial charge on any atom is -0.322 e. The molecule has 0 aromatic carbocycles. The lowest BCUT2D eigenvalue weighted by molar-refractivity contribution is -0.179. The van der Waals surface area contributed by atoms with Crippen molar-refractivity contribution in [1.29, 1.82) is 0 Å². The number of amides is 1. The summed E-state index contributed by atoms with van der Waals surface area (Å²) in [6, 6.07) is -0.758. The third-order valence-corrected chi connectivity index (χ3v) is 2.14. The molecule has 5 heteroatoms. The molecule has 0 aromatic heterocycles. The fourth-order valence-electron chi connectivity index (χ4n) is 1.32. The van der Waals surface area contributed by atoms with Crippen LogP contribution in [0.5, 0.6) is 0 Å². The topological polar surface area (TPSA) is 83.6 Å². The number of carbonyl (C=O) groups excluding carboxylic acids is 2. The summed E-state index contributed by atoms with van der Waals surface area (Å²) in [7, 11) is 0. The SMILES string of the molecule is CCC(=O)C(CC(C)C)N(O)C(=O)CN. The fraction of sp³-hybridized carbons (Fsp3) is 0.800. The normalized spacial score (nSPS) is 12.7. The zero-order valence-corrected chi connectivity index (χ0v) is 9.56. The van der Waals surface area contributed by atoms with Crippen LogP contribution in [0.15, 0.2) is 0 Å². The molecule has 0 radical (unpaired) electrons. The van der Waals surface area contributed by atoms with Crippen LogP contribution in [-0.4, -0.2) is 34.5 Å². The maximum absolute atomic E-state index is 11.5. The van der Waals surface area contributed by atoms with Crippen LogP contribution in [0.3, 0.4) is 0 Å². The summed E-state index contributed by atoms with van der Waals surface area (Å²) in [5.74, 6) is -0.541. The van der Waals surface area contributed by atoms with Crippen molar-refractivity contribution in [3.05, 3.63) is 0 Å². The van der Waals surface area contributed by atoms with E-state index in [-0.39, 0.29) is 18.2 Å². The molecule has 0 heterocycles. The fourth-order valence-corrected chi connectivity index (χ4v) is 1.32. The number of hydrogen-bond acceptors (Lipinski definition) is 4. The monoisotopic (exact) mass is 216 g/mol. The summed E-state index contributed by atoms with van der Waals surface area (Å²) in [5.41, 5.74) is 5.12. The Balaban J connectivity index is 4.61. The van der Waals surface area contributed by atoms with E-state index >= 15 is 0 Å². The molecule has 0 aliphatic rings. The molecule has 15 heavy (non-hydrogen) atoms. The van der Waals surface area contributed by atoms with Gasteiger partial charge in [0.2, 0.25) is 0 Å². The van der Waals surface area contributed by atoms with Crippen molar-refractivity contribution in [3.63, 3.8) is 0 Å². The van der Waals surface area contributed by atoms with E-state index in [2.05, 4.69) is 0 Å². The van der Waals surface area contributed by atoms with Gasteiger partial charge in [0.05, 0.1) is 6.54 Å². The zero-order chi connectivity index (χ0) is 12.0. The Hall–Kier alpha value is -0.940. The van der Waals surface area contributed by atoms with Gasteiger partial charge in [0.1, 0.15) is 6.04 Å². The van der Waals surface area contributed by atoms with Crippen LogP contribution in [0.25, 0.3) is 0 Å². The van der Waals surface area contributed by atoms with E-state index in [1.54, 1.807) is 6.92 Å². The smallest absolute Gasteiger partial charge is 0.260 e. The summed E-state index contributed by atoms with van der Waals surface area (Å²) < 4.78 is 0. The molecule has 3 N–H and O–H groups in total. The van der Waals surface area contributed by atoms with E-state index in [4.69, 9.17) is 5.73 Å². The van der Waals surface area contributed by atoms with Crippen molar-refractivity contribution in [1.82, 2.24) is 5.06 Å². The summed E-state index contributed by atoms with van der Waals surface area (Å²) in [5, 5.41) is 9.99. The Morgan fingerprint density at radius 1 is 1.40 bits per heavy atom. The minimum atomic E-state index is -0.758. The van der Waals surface area contributed by atoms with Gasteiger partial charge in [-0.1, -0.05) is 20.8 Å². The molecule has 5 nitrogen and oxygen atoms in total. The van der Waals surface area contributed by atoms with Crippen LogP contribution in [0.2, 0.25) is 0 Å². The molecule has 0 saturated heterocycles. The van der Waals surface area contributed by atoms with Gasteiger partial charge in [0, 0.05) is 6.42 Å². The highest BCUT2D eigenvalue weighted by molar-refractivity contribution is 5.88. The Morgan fingerprint density at radius 3 is 2.27 bits per heavy atom. The highest BCUT2D eigenvalue weighted by Gasteiger charge is 2.27. The number of nitrogens with zero attached hydrogens (tertiary/aromatic N) is 1. The molecule has 0 aromatic rings. The summed E-state index contributed by atoms with van der Waals surface area (Å²) >= 11 is 0. The third kappa shape index (κ3) is 4.40. The molecule has 1 unspecified atom stereocenters. The van der Waals surface area contributed by atoms with Crippen molar-refractivity contribution in [3.8, 4) is 0 Å². The van der Waals surface area contributed by atoms with Gasteiger partial charge in [0.15, 0.2) is 5.78 Å². The first-order chi connectivity index (χ1) is 6.93. The quantitative estimate of drug-likeness (QED) is 0.502.